The third-order valence-corrected chi connectivity index (χ3v) is 1.96. The van der Waals surface area contributed by atoms with Crippen LogP contribution in [0.4, 0.5) is 10.1 Å². The van der Waals surface area contributed by atoms with E-state index in [2.05, 4.69) is 5.32 Å². The van der Waals surface area contributed by atoms with Crippen molar-refractivity contribution < 1.29 is 4.39 Å². The van der Waals surface area contributed by atoms with Crippen molar-refractivity contribution in [1.29, 1.82) is 5.26 Å². The van der Waals surface area contributed by atoms with E-state index >= 15 is 0 Å². The molecule has 1 aromatic rings. The molecule has 0 unspecified atom stereocenters. The van der Waals surface area contributed by atoms with Gasteiger partial charge in [-0.3, -0.25) is 4.39 Å². The number of hydrogen-bond acceptors (Lipinski definition) is 2. The van der Waals surface area contributed by atoms with Gasteiger partial charge < -0.3 is 5.32 Å². The highest BCUT2D eigenvalue weighted by Gasteiger charge is 2.01. The number of nitriles is 1. The van der Waals surface area contributed by atoms with Crippen LogP contribution < -0.4 is 5.32 Å². The predicted octanol–water partition coefficient (Wildman–Crippen LogP) is 2.98. The first-order valence-corrected chi connectivity index (χ1v) is 4.65. The summed E-state index contributed by atoms with van der Waals surface area (Å²) in [5, 5.41) is 12.3. The van der Waals surface area contributed by atoms with Crippen molar-refractivity contribution >= 4 is 17.3 Å². The van der Waals surface area contributed by atoms with Gasteiger partial charge in [-0.15, -0.1) is 0 Å². The standard InChI is InChI=1S/C10H10ClFN2/c11-9-3-2-8(7-13)10(6-9)14-5-1-4-12/h2-3,6,14H,1,4-5H2. The average Bonchev–Trinajstić information content (AvgIpc) is 2.19. The average molecular weight is 213 g/mol. The zero-order valence-corrected chi connectivity index (χ0v) is 8.31. The summed E-state index contributed by atoms with van der Waals surface area (Å²) in [5.74, 6) is 0. The Kier molecular flexibility index (Phi) is 4.21. The van der Waals surface area contributed by atoms with Crippen molar-refractivity contribution in [3.8, 4) is 6.07 Å². The zero-order valence-electron chi connectivity index (χ0n) is 7.56. The van der Waals surface area contributed by atoms with Gasteiger partial charge in [0.25, 0.3) is 0 Å². The van der Waals surface area contributed by atoms with Gasteiger partial charge in [0.1, 0.15) is 6.07 Å². The van der Waals surface area contributed by atoms with Crippen molar-refractivity contribution in [2.45, 2.75) is 6.42 Å². The van der Waals surface area contributed by atoms with E-state index in [1.807, 2.05) is 6.07 Å². The topological polar surface area (TPSA) is 35.8 Å². The van der Waals surface area contributed by atoms with Gasteiger partial charge in [0, 0.05) is 11.6 Å². The third kappa shape index (κ3) is 2.90. The fourth-order valence-corrected chi connectivity index (χ4v) is 1.22. The Morgan fingerprint density at radius 3 is 2.93 bits per heavy atom. The van der Waals surface area contributed by atoms with Crippen molar-refractivity contribution in [2.24, 2.45) is 0 Å². The number of nitrogens with zero attached hydrogens (tertiary/aromatic N) is 1. The molecule has 2 nitrogen and oxygen atoms in total. The molecule has 0 aliphatic rings. The molecule has 0 aromatic heterocycles. The summed E-state index contributed by atoms with van der Waals surface area (Å²) in [7, 11) is 0. The smallest absolute Gasteiger partial charge is 0.101 e. The van der Waals surface area contributed by atoms with Crippen LogP contribution in [0.15, 0.2) is 18.2 Å². The maximum absolute atomic E-state index is 11.8. The second-order valence-corrected chi connectivity index (χ2v) is 3.21. The first-order valence-electron chi connectivity index (χ1n) is 4.27. The number of alkyl halides is 1. The quantitative estimate of drug-likeness (QED) is 0.779. The summed E-state index contributed by atoms with van der Waals surface area (Å²) in [6.45, 7) is 0.140. The molecule has 1 rings (SSSR count). The van der Waals surface area contributed by atoms with Gasteiger partial charge in [-0.25, -0.2) is 0 Å². The molecule has 0 atom stereocenters. The molecule has 74 valence electrons. The first kappa shape index (κ1) is 10.8. The molecule has 0 heterocycles. The fraction of sp³-hybridized carbons (Fsp3) is 0.300. The summed E-state index contributed by atoms with van der Waals surface area (Å²) in [4.78, 5) is 0. The molecule has 0 aliphatic carbocycles. The van der Waals surface area contributed by atoms with Crippen LogP contribution >= 0.6 is 11.6 Å². The zero-order chi connectivity index (χ0) is 10.4. The van der Waals surface area contributed by atoms with Gasteiger partial charge in [-0.05, 0) is 24.6 Å². The normalized spacial score (nSPS) is 9.50. The molecule has 0 amide bonds. The first-order chi connectivity index (χ1) is 6.77. The Hall–Kier alpha value is -1.27. The van der Waals surface area contributed by atoms with Crippen molar-refractivity contribution in [3.63, 3.8) is 0 Å². The van der Waals surface area contributed by atoms with E-state index in [0.717, 1.165) is 0 Å². The maximum Gasteiger partial charge on any atom is 0.101 e. The maximum atomic E-state index is 11.8. The van der Waals surface area contributed by atoms with Gasteiger partial charge in [0.05, 0.1) is 17.9 Å². The highest BCUT2D eigenvalue weighted by Crippen LogP contribution is 2.20. The summed E-state index contributed by atoms with van der Waals surface area (Å²) in [6, 6.07) is 6.99. The van der Waals surface area contributed by atoms with Crippen LogP contribution in [0.3, 0.4) is 0 Å². The Labute approximate surface area is 87.3 Å². The fourth-order valence-electron chi connectivity index (χ4n) is 1.05. The number of halogens is 2. The minimum Gasteiger partial charge on any atom is -0.384 e. The lowest BCUT2D eigenvalue weighted by atomic mass is 10.2. The van der Waals surface area contributed by atoms with Crippen LogP contribution in [0.25, 0.3) is 0 Å². The van der Waals surface area contributed by atoms with E-state index in [-0.39, 0.29) is 6.67 Å². The third-order valence-electron chi connectivity index (χ3n) is 1.73. The lowest BCUT2D eigenvalue weighted by Crippen LogP contribution is -2.03. The van der Waals surface area contributed by atoms with E-state index in [1.54, 1.807) is 18.2 Å². The number of benzene rings is 1. The number of rotatable bonds is 4. The van der Waals surface area contributed by atoms with E-state index in [9.17, 15) is 4.39 Å². The van der Waals surface area contributed by atoms with E-state index < -0.39 is 0 Å². The van der Waals surface area contributed by atoms with E-state index in [0.29, 0.717) is 29.2 Å². The lowest BCUT2D eigenvalue weighted by molar-refractivity contribution is 0.481. The van der Waals surface area contributed by atoms with Gasteiger partial charge in [-0.1, -0.05) is 11.6 Å². The van der Waals surface area contributed by atoms with E-state index in [1.165, 1.54) is 0 Å². The van der Waals surface area contributed by atoms with Crippen LogP contribution in [0.5, 0.6) is 0 Å². The van der Waals surface area contributed by atoms with Crippen LogP contribution in [0.1, 0.15) is 12.0 Å². The summed E-state index contributed by atoms with van der Waals surface area (Å²) >= 11 is 5.76. The van der Waals surface area contributed by atoms with Crippen molar-refractivity contribution in [1.82, 2.24) is 0 Å². The summed E-state index contributed by atoms with van der Waals surface area (Å²) < 4.78 is 11.8. The van der Waals surface area contributed by atoms with E-state index in [4.69, 9.17) is 16.9 Å². The molecule has 0 saturated carbocycles. The predicted molar refractivity (Wildman–Crippen MR) is 55.2 cm³/mol. The summed E-state index contributed by atoms with van der Waals surface area (Å²) in [5.41, 5.74) is 1.18. The molecule has 0 bridgehead atoms. The molecule has 0 fully saturated rings. The molecule has 1 N–H and O–H groups in total. The molecular weight excluding hydrogens is 203 g/mol. The number of hydrogen-bond donors (Lipinski definition) is 1. The second-order valence-electron chi connectivity index (χ2n) is 2.77. The lowest BCUT2D eigenvalue weighted by Gasteiger charge is -2.06. The Morgan fingerprint density at radius 2 is 2.29 bits per heavy atom. The van der Waals surface area contributed by atoms with Crippen LogP contribution in [-0.2, 0) is 0 Å². The Balaban J connectivity index is 2.73. The van der Waals surface area contributed by atoms with Crippen LogP contribution in [-0.4, -0.2) is 13.2 Å². The van der Waals surface area contributed by atoms with Gasteiger partial charge in [0.2, 0.25) is 0 Å². The van der Waals surface area contributed by atoms with Crippen molar-refractivity contribution in [2.75, 3.05) is 18.5 Å². The molecule has 0 spiro atoms. The molecule has 0 radical (unpaired) electrons. The largest absolute Gasteiger partial charge is 0.384 e. The monoisotopic (exact) mass is 212 g/mol. The Morgan fingerprint density at radius 1 is 1.50 bits per heavy atom. The molecular formula is C10H10ClFN2. The minimum absolute atomic E-state index is 0.366. The van der Waals surface area contributed by atoms with Gasteiger partial charge >= 0.3 is 0 Å². The molecule has 4 heteroatoms. The SMILES string of the molecule is N#Cc1ccc(Cl)cc1NCCCF. The van der Waals surface area contributed by atoms with Gasteiger partial charge in [0.15, 0.2) is 0 Å². The molecule has 1 aromatic carbocycles. The molecule has 0 aliphatic heterocycles. The highest BCUT2D eigenvalue weighted by molar-refractivity contribution is 6.30. The second kappa shape index (κ2) is 5.46. The minimum atomic E-state index is -0.366. The van der Waals surface area contributed by atoms with Crippen LogP contribution in [0.2, 0.25) is 5.02 Å². The number of nitrogens with one attached hydrogen (secondary N) is 1. The highest BCUT2D eigenvalue weighted by atomic mass is 35.5. The Bertz CT molecular complexity index is 346. The molecule has 0 saturated heterocycles. The van der Waals surface area contributed by atoms with Crippen LogP contribution in [0, 0.1) is 11.3 Å². The van der Waals surface area contributed by atoms with Crippen molar-refractivity contribution in [3.05, 3.63) is 28.8 Å². The molecule has 14 heavy (non-hydrogen) atoms. The van der Waals surface area contributed by atoms with Gasteiger partial charge in [-0.2, -0.15) is 5.26 Å². The summed E-state index contributed by atoms with van der Waals surface area (Å²) in [6.07, 6.45) is 0.428. The number of anilines is 1.